The van der Waals surface area contributed by atoms with Gasteiger partial charge in [0.05, 0.1) is 38.3 Å². The van der Waals surface area contributed by atoms with E-state index in [4.69, 9.17) is 10.6 Å². The molecule has 1 aromatic heterocycles. The fourth-order valence-electron chi connectivity index (χ4n) is 4.39. The SMILES string of the molecule is CO/N=C(\C(=O)NC1C(=O)N2C(C(=O)[O-])=C(C=CC[N+]3(C)CCCC3)CS[C@@H]12)c1csc(N)n1. The third-order valence-electron chi connectivity index (χ3n) is 6.15. The molecule has 2 amide bonds. The highest BCUT2D eigenvalue weighted by atomic mass is 32.2. The molecule has 3 N–H and O–H groups in total. The van der Waals surface area contributed by atoms with Crippen LogP contribution in [0.1, 0.15) is 18.5 Å². The first-order valence-electron chi connectivity index (χ1n) is 10.8. The molecular weight excluding hydrogens is 480 g/mol. The highest BCUT2D eigenvalue weighted by Gasteiger charge is 2.53. The highest BCUT2D eigenvalue weighted by molar-refractivity contribution is 8.00. The van der Waals surface area contributed by atoms with E-state index in [-0.39, 0.29) is 22.2 Å². The van der Waals surface area contributed by atoms with Crippen molar-refractivity contribution >= 4 is 51.7 Å². The van der Waals surface area contributed by atoms with Crippen molar-refractivity contribution in [2.45, 2.75) is 24.3 Å². The van der Waals surface area contributed by atoms with Crippen LogP contribution in [-0.2, 0) is 19.2 Å². The van der Waals surface area contributed by atoms with Gasteiger partial charge in [-0.3, -0.25) is 14.5 Å². The van der Waals surface area contributed by atoms with Crippen molar-refractivity contribution < 1.29 is 28.8 Å². The number of hydrogen-bond donors (Lipinski definition) is 2. The Balaban J connectivity index is 1.48. The average molecular weight is 507 g/mol. The molecule has 0 aromatic carbocycles. The topological polar surface area (TPSA) is 150 Å². The van der Waals surface area contributed by atoms with Crippen molar-refractivity contribution in [2.75, 3.05) is 45.3 Å². The molecule has 3 aliphatic heterocycles. The van der Waals surface area contributed by atoms with E-state index >= 15 is 0 Å². The maximum atomic E-state index is 12.9. The van der Waals surface area contributed by atoms with Gasteiger partial charge in [0.25, 0.3) is 11.8 Å². The van der Waals surface area contributed by atoms with Gasteiger partial charge in [-0.15, -0.1) is 23.1 Å². The summed E-state index contributed by atoms with van der Waals surface area (Å²) in [5, 5.41) is 19.5. The number of allylic oxidation sites excluding steroid dienone is 1. The molecule has 4 heterocycles. The van der Waals surface area contributed by atoms with Crippen molar-refractivity contribution in [1.29, 1.82) is 0 Å². The summed E-state index contributed by atoms with van der Waals surface area (Å²) in [4.78, 5) is 47.6. The smallest absolute Gasteiger partial charge is 0.276 e. The van der Waals surface area contributed by atoms with Gasteiger partial charge in [0, 0.05) is 24.0 Å². The molecule has 34 heavy (non-hydrogen) atoms. The summed E-state index contributed by atoms with van der Waals surface area (Å²) >= 11 is 2.52. The number of likely N-dealkylation sites (N-methyl/N-ethyl adjacent to an activating group) is 1. The number of nitrogens with one attached hydrogen (secondary N) is 1. The number of rotatable bonds is 8. The number of β-lactam (4-membered cyclic amide) rings is 1. The van der Waals surface area contributed by atoms with Crippen LogP contribution in [0.15, 0.2) is 34.0 Å². The Labute approximate surface area is 204 Å². The molecule has 0 spiro atoms. The molecule has 1 unspecified atom stereocenters. The second-order valence-electron chi connectivity index (χ2n) is 8.57. The summed E-state index contributed by atoms with van der Waals surface area (Å²) in [7, 11) is 3.47. The molecule has 2 fully saturated rings. The zero-order chi connectivity index (χ0) is 24.5. The van der Waals surface area contributed by atoms with Gasteiger partial charge in [0.15, 0.2) is 10.8 Å². The lowest BCUT2D eigenvalue weighted by atomic mass is 10.0. The minimum absolute atomic E-state index is 0.125. The number of nitrogens with zero attached hydrogens (tertiary/aromatic N) is 4. The molecule has 11 nitrogen and oxygen atoms in total. The predicted molar refractivity (Wildman–Crippen MR) is 126 cm³/mol. The summed E-state index contributed by atoms with van der Waals surface area (Å²) in [5.41, 5.74) is 6.12. The van der Waals surface area contributed by atoms with E-state index in [1.807, 2.05) is 6.08 Å². The fourth-order valence-corrected chi connectivity index (χ4v) is 6.26. The first-order valence-corrected chi connectivity index (χ1v) is 12.7. The van der Waals surface area contributed by atoms with Crippen LogP contribution in [0.2, 0.25) is 0 Å². The Kier molecular flexibility index (Phi) is 6.96. The zero-order valence-electron chi connectivity index (χ0n) is 18.9. The number of oxime groups is 1. The fraction of sp³-hybridized carbons (Fsp3) is 0.476. The van der Waals surface area contributed by atoms with Gasteiger partial charge < -0.3 is 30.3 Å². The van der Waals surface area contributed by atoms with Crippen LogP contribution >= 0.6 is 23.1 Å². The summed E-state index contributed by atoms with van der Waals surface area (Å²) in [6, 6.07) is -0.913. The Morgan fingerprint density at radius 1 is 1.44 bits per heavy atom. The number of fused-ring (bicyclic) bond motifs is 1. The summed E-state index contributed by atoms with van der Waals surface area (Å²) in [6.45, 7) is 3.00. The molecule has 2 atom stereocenters. The Morgan fingerprint density at radius 3 is 2.79 bits per heavy atom. The first-order chi connectivity index (χ1) is 16.2. The molecule has 0 radical (unpaired) electrons. The lowest BCUT2D eigenvalue weighted by molar-refractivity contribution is -0.891. The van der Waals surface area contributed by atoms with Crippen molar-refractivity contribution in [2.24, 2.45) is 5.16 Å². The number of carbonyl (C=O) groups is 3. The third kappa shape index (κ3) is 4.68. The molecule has 13 heteroatoms. The number of nitrogens with two attached hydrogens (primary N) is 1. The van der Waals surface area contributed by atoms with Gasteiger partial charge in [-0.2, -0.15) is 0 Å². The lowest BCUT2D eigenvalue weighted by Crippen LogP contribution is -2.71. The molecular formula is C21H26N6O5S2. The average Bonchev–Trinajstić information content (AvgIpc) is 3.43. The van der Waals surface area contributed by atoms with Crippen molar-refractivity contribution in [1.82, 2.24) is 15.2 Å². The number of nitrogen functional groups attached to an aromatic ring is 1. The highest BCUT2D eigenvalue weighted by Crippen LogP contribution is 2.40. The summed E-state index contributed by atoms with van der Waals surface area (Å²) < 4.78 is 0.924. The number of aliphatic carboxylic acids is 1. The van der Waals surface area contributed by atoms with Crippen LogP contribution < -0.4 is 16.2 Å². The van der Waals surface area contributed by atoms with Crippen molar-refractivity contribution in [3.05, 3.63) is 34.5 Å². The number of quaternary nitrogens is 1. The third-order valence-corrected chi connectivity index (χ3v) is 8.13. The molecule has 3 aliphatic rings. The number of hydrogen-bond acceptors (Lipinski definition) is 10. The minimum Gasteiger partial charge on any atom is -0.543 e. The van der Waals surface area contributed by atoms with Crippen LogP contribution in [-0.4, -0.2) is 88.8 Å². The molecule has 0 saturated carbocycles. The quantitative estimate of drug-likeness (QED) is 0.203. The standard InChI is InChI=1S/C21H26N6O5S2/c1-27(7-3-4-8-27)9-5-6-12-10-33-19-15(18(29)26(19)16(12)20(30)31)24-17(28)14(25-32-2)13-11-34-21(22)23-13/h5-6,11,15,19H,3-4,7-10H2,1-2H3,(H3-,22,23,24,28,30,31)/b6-5?,25-14-/t15?,19-/m0/s1. The molecule has 0 bridgehead atoms. The van der Waals surface area contributed by atoms with Crippen LogP contribution in [0.25, 0.3) is 0 Å². The van der Waals surface area contributed by atoms with Crippen LogP contribution in [0.3, 0.4) is 0 Å². The van der Waals surface area contributed by atoms with Gasteiger partial charge in [0.1, 0.15) is 24.2 Å². The molecule has 1 aromatic rings. The van der Waals surface area contributed by atoms with E-state index in [0.29, 0.717) is 11.3 Å². The number of thioether (sulfide) groups is 1. The molecule has 2 saturated heterocycles. The number of carboxylic acid groups (broad SMARTS) is 1. The maximum absolute atomic E-state index is 12.9. The van der Waals surface area contributed by atoms with Crippen molar-refractivity contribution in [3.63, 3.8) is 0 Å². The van der Waals surface area contributed by atoms with Gasteiger partial charge >= 0.3 is 0 Å². The number of aromatic nitrogens is 1. The van der Waals surface area contributed by atoms with E-state index < -0.39 is 29.2 Å². The van der Waals surface area contributed by atoms with Crippen molar-refractivity contribution in [3.8, 4) is 0 Å². The minimum atomic E-state index is -1.41. The van der Waals surface area contributed by atoms with Crippen LogP contribution in [0.5, 0.6) is 0 Å². The number of carbonyl (C=O) groups excluding carboxylic acids is 3. The second kappa shape index (κ2) is 9.76. The monoisotopic (exact) mass is 506 g/mol. The molecule has 0 aliphatic carbocycles. The number of carboxylic acids is 1. The van der Waals surface area contributed by atoms with Gasteiger partial charge in [-0.1, -0.05) is 11.2 Å². The number of anilines is 1. The maximum Gasteiger partial charge on any atom is 0.276 e. The van der Waals surface area contributed by atoms with Gasteiger partial charge in [-0.05, 0) is 11.6 Å². The number of thiazole rings is 1. The Morgan fingerprint density at radius 2 is 2.18 bits per heavy atom. The van der Waals surface area contributed by atoms with E-state index in [1.54, 1.807) is 11.5 Å². The van der Waals surface area contributed by atoms with Gasteiger partial charge in [0.2, 0.25) is 0 Å². The lowest BCUT2D eigenvalue weighted by Gasteiger charge is -2.50. The summed E-state index contributed by atoms with van der Waals surface area (Å²) in [5.74, 6) is -2.22. The number of likely N-dealkylation sites (tertiary alicyclic amines) is 1. The first kappa shape index (κ1) is 24.2. The van der Waals surface area contributed by atoms with E-state index in [9.17, 15) is 19.5 Å². The largest absolute Gasteiger partial charge is 0.543 e. The van der Waals surface area contributed by atoms with E-state index in [2.05, 4.69) is 22.5 Å². The molecule has 4 rings (SSSR count). The summed E-state index contributed by atoms with van der Waals surface area (Å²) in [6.07, 6.45) is 6.14. The predicted octanol–water partition coefficient (Wildman–Crippen LogP) is -0.724. The van der Waals surface area contributed by atoms with Gasteiger partial charge in [-0.25, -0.2) is 4.98 Å². The van der Waals surface area contributed by atoms with E-state index in [1.165, 1.54) is 36.6 Å². The number of amides is 2. The Bertz CT molecular complexity index is 1090. The normalized spacial score (nSPS) is 24.2. The zero-order valence-corrected chi connectivity index (χ0v) is 20.5. The second-order valence-corrected chi connectivity index (χ2v) is 10.6. The van der Waals surface area contributed by atoms with E-state index in [0.717, 1.165) is 35.5 Å². The van der Waals surface area contributed by atoms with Crippen LogP contribution in [0.4, 0.5) is 5.13 Å². The van der Waals surface area contributed by atoms with Crippen LogP contribution in [0, 0.1) is 0 Å². The molecule has 182 valence electrons. The Hall–Kier alpha value is -2.90.